The van der Waals surface area contributed by atoms with Crippen LogP contribution in [0.2, 0.25) is 0 Å². The highest BCUT2D eigenvalue weighted by Crippen LogP contribution is 2.06. The second-order valence-electron chi connectivity index (χ2n) is 3.71. The third-order valence-corrected chi connectivity index (χ3v) is 2.50. The van der Waals surface area contributed by atoms with Crippen molar-refractivity contribution in [1.82, 2.24) is 19.9 Å². The van der Waals surface area contributed by atoms with Gasteiger partial charge in [-0.2, -0.15) is 0 Å². The van der Waals surface area contributed by atoms with E-state index in [1.807, 2.05) is 12.4 Å². The topological polar surface area (TPSA) is 57.4 Å². The number of imidazole rings is 2. The lowest BCUT2D eigenvalue weighted by Gasteiger charge is -1.98. The summed E-state index contributed by atoms with van der Waals surface area (Å²) in [5.74, 6) is 0. The second kappa shape index (κ2) is 5.34. The molecule has 2 heterocycles. The number of aromatic amines is 2. The van der Waals surface area contributed by atoms with Crippen molar-refractivity contribution in [2.24, 2.45) is 0 Å². The summed E-state index contributed by atoms with van der Waals surface area (Å²) in [6.45, 7) is 0. The zero-order valence-corrected chi connectivity index (χ0v) is 8.74. The lowest BCUT2D eigenvalue weighted by molar-refractivity contribution is 0.667. The molecule has 0 aromatic carbocycles. The number of aromatic nitrogens is 4. The molecule has 0 bridgehead atoms. The maximum absolute atomic E-state index is 3.99. The van der Waals surface area contributed by atoms with E-state index in [2.05, 4.69) is 19.9 Å². The molecule has 2 rings (SSSR count). The smallest absolute Gasteiger partial charge is 0.0921 e. The van der Waals surface area contributed by atoms with Gasteiger partial charge in [0.25, 0.3) is 0 Å². The molecule has 0 fully saturated rings. The highest BCUT2D eigenvalue weighted by Gasteiger charge is 1.96. The average Bonchev–Trinajstić information content (AvgIpc) is 2.88. The van der Waals surface area contributed by atoms with Crippen LogP contribution >= 0.6 is 0 Å². The van der Waals surface area contributed by atoms with Crippen molar-refractivity contribution in [2.75, 3.05) is 0 Å². The Morgan fingerprint density at radius 1 is 0.800 bits per heavy atom. The second-order valence-corrected chi connectivity index (χ2v) is 3.71. The van der Waals surface area contributed by atoms with Gasteiger partial charge >= 0.3 is 0 Å². The molecule has 0 atom stereocenters. The van der Waals surface area contributed by atoms with E-state index in [4.69, 9.17) is 0 Å². The molecule has 0 unspecified atom stereocenters. The summed E-state index contributed by atoms with van der Waals surface area (Å²) < 4.78 is 0. The number of hydrogen-bond acceptors (Lipinski definition) is 2. The first kappa shape index (κ1) is 9.96. The Bertz CT molecular complexity index is 314. The highest BCUT2D eigenvalue weighted by molar-refractivity contribution is 4.95. The summed E-state index contributed by atoms with van der Waals surface area (Å²) in [5.41, 5.74) is 2.47. The Balaban J connectivity index is 1.56. The first-order chi connectivity index (χ1) is 7.45. The molecule has 0 aliphatic rings. The van der Waals surface area contributed by atoms with Crippen LogP contribution in [0.25, 0.3) is 0 Å². The molecule has 4 nitrogen and oxygen atoms in total. The van der Waals surface area contributed by atoms with Crippen LogP contribution in [0.3, 0.4) is 0 Å². The van der Waals surface area contributed by atoms with Gasteiger partial charge in [-0.1, -0.05) is 6.42 Å². The van der Waals surface area contributed by atoms with Crippen LogP contribution in [0.15, 0.2) is 25.0 Å². The first-order valence-electron chi connectivity index (χ1n) is 5.39. The molecular weight excluding hydrogens is 188 g/mol. The van der Waals surface area contributed by atoms with Gasteiger partial charge < -0.3 is 9.97 Å². The van der Waals surface area contributed by atoms with Gasteiger partial charge in [-0.05, 0) is 25.7 Å². The molecule has 2 aromatic heterocycles. The van der Waals surface area contributed by atoms with Crippen molar-refractivity contribution in [3.8, 4) is 0 Å². The molecule has 0 aliphatic heterocycles. The number of H-pyrrole nitrogens is 2. The van der Waals surface area contributed by atoms with E-state index >= 15 is 0 Å². The van der Waals surface area contributed by atoms with Crippen LogP contribution in [0, 0.1) is 0 Å². The minimum absolute atomic E-state index is 1.10. The molecule has 0 aliphatic carbocycles. The number of aryl methyl sites for hydroxylation is 2. The Morgan fingerprint density at radius 2 is 1.33 bits per heavy atom. The minimum atomic E-state index is 1.10. The maximum atomic E-state index is 3.99. The quantitative estimate of drug-likeness (QED) is 0.708. The van der Waals surface area contributed by atoms with Gasteiger partial charge in [-0.25, -0.2) is 9.97 Å². The van der Waals surface area contributed by atoms with Gasteiger partial charge in [0.1, 0.15) is 0 Å². The monoisotopic (exact) mass is 204 g/mol. The zero-order valence-electron chi connectivity index (χ0n) is 8.74. The molecule has 0 radical (unpaired) electrons. The minimum Gasteiger partial charge on any atom is -0.348 e. The Morgan fingerprint density at radius 3 is 1.73 bits per heavy atom. The molecule has 0 saturated carbocycles. The van der Waals surface area contributed by atoms with E-state index in [1.165, 1.54) is 30.7 Å². The first-order valence-corrected chi connectivity index (χ1v) is 5.39. The van der Waals surface area contributed by atoms with Gasteiger partial charge in [-0.15, -0.1) is 0 Å². The molecule has 2 N–H and O–H groups in total. The number of nitrogens with one attached hydrogen (secondary N) is 2. The molecule has 15 heavy (non-hydrogen) atoms. The van der Waals surface area contributed by atoms with E-state index in [9.17, 15) is 0 Å². The van der Waals surface area contributed by atoms with Crippen LogP contribution in [0.5, 0.6) is 0 Å². The van der Waals surface area contributed by atoms with E-state index in [-0.39, 0.29) is 0 Å². The number of nitrogens with zero attached hydrogens (tertiary/aromatic N) is 2. The van der Waals surface area contributed by atoms with E-state index < -0.39 is 0 Å². The highest BCUT2D eigenvalue weighted by atomic mass is 14.9. The Hall–Kier alpha value is -1.58. The molecular formula is C11H16N4. The predicted octanol–water partition coefficient (Wildman–Crippen LogP) is 2.09. The van der Waals surface area contributed by atoms with Gasteiger partial charge in [0, 0.05) is 23.8 Å². The number of rotatable bonds is 6. The normalized spacial score (nSPS) is 10.7. The van der Waals surface area contributed by atoms with Crippen molar-refractivity contribution in [2.45, 2.75) is 32.1 Å². The number of unbranched alkanes of at least 4 members (excludes halogenated alkanes) is 2. The Kier molecular flexibility index (Phi) is 3.54. The third kappa shape index (κ3) is 3.23. The standard InChI is InChI=1S/C11H16N4/c1(2-4-10-6-12-8-14-10)3-5-11-7-13-9-15-11/h6-9H,1-5H2,(H,12,14)(H,13,15). The number of hydrogen-bond donors (Lipinski definition) is 2. The van der Waals surface area contributed by atoms with Crippen molar-refractivity contribution in [1.29, 1.82) is 0 Å². The molecule has 0 amide bonds. The van der Waals surface area contributed by atoms with Crippen LogP contribution in [-0.4, -0.2) is 19.9 Å². The molecule has 80 valence electrons. The summed E-state index contributed by atoms with van der Waals surface area (Å²) in [4.78, 5) is 14.2. The predicted molar refractivity (Wildman–Crippen MR) is 58.4 cm³/mol. The van der Waals surface area contributed by atoms with Crippen LogP contribution in [0.4, 0.5) is 0 Å². The van der Waals surface area contributed by atoms with Gasteiger partial charge in [0.2, 0.25) is 0 Å². The van der Waals surface area contributed by atoms with E-state index in [1.54, 1.807) is 12.7 Å². The van der Waals surface area contributed by atoms with Gasteiger partial charge in [0.05, 0.1) is 12.7 Å². The average molecular weight is 204 g/mol. The van der Waals surface area contributed by atoms with Gasteiger partial charge in [0.15, 0.2) is 0 Å². The lowest BCUT2D eigenvalue weighted by atomic mass is 10.1. The maximum Gasteiger partial charge on any atom is 0.0921 e. The van der Waals surface area contributed by atoms with E-state index in [0.29, 0.717) is 0 Å². The largest absolute Gasteiger partial charge is 0.348 e. The summed E-state index contributed by atoms with van der Waals surface area (Å²) in [5, 5.41) is 0. The lowest BCUT2D eigenvalue weighted by Crippen LogP contribution is -1.88. The summed E-state index contributed by atoms with van der Waals surface area (Å²) >= 11 is 0. The van der Waals surface area contributed by atoms with Crippen molar-refractivity contribution in [3.63, 3.8) is 0 Å². The molecule has 0 saturated heterocycles. The Labute approximate surface area is 89.2 Å². The zero-order chi connectivity index (χ0) is 10.3. The van der Waals surface area contributed by atoms with Crippen molar-refractivity contribution >= 4 is 0 Å². The van der Waals surface area contributed by atoms with Crippen molar-refractivity contribution in [3.05, 3.63) is 36.4 Å². The third-order valence-electron chi connectivity index (χ3n) is 2.50. The molecule has 0 spiro atoms. The van der Waals surface area contributed by atoms with Crippen LogP contribution in [0.1, 0.15) is 30.7 Å². The van der Waals surface area contributed by atoms with E-state index in [0.717, 1.165) is 12.8 Å². The van der Waals surface area contributed by atoms with Gasteiger partial charge in [-0.3, -0.25) is 0 Å². The summed E-state index contributed by atoms with van der Waals surface area (Å²) in [6, 6.07) is 0. The van der Waals surface area contributed by atoms with Crippen LogP contribution in [-0.2, 0) is 12.8 Å². The fraction of sp³-hybridized carbons (Fsp3) is 0.455. The molecule has 2 aromatic rings. The fourth-order valence-corrected chi connectivity index (χ4v) is 1.65. The fourth-order valence-electron chi connectivity index (χ4n) is 1.65. The van der Waals surface area contributed by atoms with Crippen LogP contribution < -0.4 is 0 Å². The SMILES string of the molecule is c1ncc(CCCCCc2cnc[nH]2)[nH]1. The molecule has 4 heteroatoms. The summed E-state index contributed by atoms with van der Waals surface area (Å²) in [6.07, 6.45) is 13.2. The summed E-state index contributed by atoms with van der Waals surface area (Å²) in [7, 11) is 0. The van der Waals surface area contributed by atoms with Crippen molar-refractivity contribution < 1.29 is 0 Å².